The first kappa shape index (κ1) is 14.2. The molecule has 104 valence electrons. The normalized spacial score (nSPS) is 11.0. The summed E-state index contributed by atoms with van der Waals surface area (Å²) in [4.78, 5) is 21.8. The highest BCUT2D eigenvalue weighted by molar-refractivity contribution is 7.92. The first-order valence-corrected chi connectivity index (χ1v) is 7.75. The van der Waals surface area contributed by atoms with Crippen molar-refractivity contribution in [1.29, 1.82) is 0 Å². The molecule has 0 saturated heterocycles. The van der Waals surface area contributed by atoms with Crippen molar-refractivity contribution in [3.8, 4) is 0 Å². The lowest BCUT2D eigenvalue weighted by molar-refractivity contribution is 0.100. The van der Waals surface area contributed by atoms with E-state index in [-0.39, 0.29) is 15.5 Å². The number of benzene rings is 1. The second-order valence-electron chi connectivity index (χ2n) is 3.82. The Balaban J connectivity index is 2.33. The number of carbonyl (C=O) groups is 2. The Kier molecular flexibility index (Phi) is 3.86. The minimum Gasteiger partial charge on any atom is -0.365 e. The molecule has 8 heteroatoms. The fourth-order valence-electron chi connectivity index (χ4n) is 1.51. The summed E-state index contributed by atoms with van der Waals surface area (Å²) in [6, 6.07) is 6.86. The summed E-state index contributed by atoms with van der Waals surface area (Å²) in [6.45, 7) is 0. The van der Waals surface area contributed by atoms with Crippen LogP contribution in [0.3, 0.4) is 0 Å². The maximum absolute atomic E-state index is 12.1. The molecule has 2 aromatic rings. The van der Waals surface area contributed by atoms with Gasteiger partial charge in [-0.2, -0.15) is 0 Å². The molecule has 0 aliphatic carbocycles. The van der Waals surface area contributed by atoms with Gasteiger partial charge in [-0.25, -0.2) is 8.42 Å². The van der Waals surface area contributed by atoms with Crippen molar-refractivity contribution in [2.75, 3.05) is 4.72 Å². The first-order valence-electron chi connectivity index (χ1n) is 5.39. The van der Waals surface area contributed by atoms with E-state index in [1.807, 2.05) is 0 Å². The molecular formula is C12H10N2O4S2. The Labute approximate surface area is 119 Å². The van der Waals surface area contributed by atoms with Crippen LogP contribution < -0.4 is 10.5 Å². The van der Waals surface area contributed by atoms with Crippen molar-refractivity contribution in [2.45, 2.75) is 4.90 Å². The Morgan fingerprint density at radius 1 is 1.20 bits per heavy atom. The Morgan fingerprint density at radius 3 is 2.40 bits per heavy atom. The number of aldehydes is 1. The van der Waals surface area contributed by atoms with Crippen molar-refractivity contribution in [1.82, 2.24) is 0 Å². The molecule has 1 aromatic carbocycles. The van der Waals surface area contributed by atoms with E-state index in [1.165, 1.54) is 30.3 Å². The molecular weight excluding hydrogens is 300 g/mol. The number of carbonyl (C=O) groups excluding carboxylic acids is 2. The van der Waals surface area contributed by atoms with Gasteiger partial charge in [0.2, 0.25) is 0 Å². The van der Waals surface area contributed by atoms with Gasteiger partial charge in [-0.1, -0.05) is 12.1 Å². The van der Waals surface area contributed by atoms with E-state index in [1.54, 1.807) is 5.38 Å². The largest absolute Gasteiger partial charge is 0.365 e. The zero-order chi connectivity index (χ0) is 14.8. The van der Waals surface area contributed by atoms with E-state index in [0.29, 0.717) is 11.8 Å². The summed E-state index contributed by atoms with van der Waals surface area (Å²) in [6.07, 6.45) is 0.619. The van der Waals surface area contributed by atoms with Crippen LogP contribution in [0.4, 0.5) is 5.69 Å². The molecule has 0 saturated carbocycles. The summed E-state index contributed by atoms with van der Waals surface area (Å²) in [5.74, 6) is -0.700. The van der Waals surface area contributed by atoms with Crippen LogP contribution >= 0.6 is 11.3 Å². The van der Waals surface area contributed by atoms with Crippen molar-refractivity contribution < 1.29 is 18.0 Å². The highest BCUT2D eigenvalue weighted by atomic mass is 32.2. The maximum Gasteiger partial charge on any atom is 0.261 e. The van der Waals surface area contributed by atoms with Crippen LogP contribution in [0.15, 0.2) is 40.6 Å². The Morgan fingerprint density at radius 2 is 1.85 bits per heavy atom. The summed E-state index contributed by atoms with van der Waals surface area (Å²) in [7, 11) is -3.83. The average molecular weight is 310 g/mol. The van der Waals surface area contributed by atoms with Gasteiger partial charge in [0.15, 0.2) is 0 Å². The van der Waals surface area contributed by atoms with Crippen molar-refractivity contribution >= 4 is 39.2 Å². The molecule has 0 fully saturated rings. The van der Waals surface area contributed by atoms with Crippen molar-refractivity contribution in [2.24, 2.45) is 5.73 Å². The lowest BCUT2D eigenvalue weighted by Crippen LogP contribution is -2.16. The van der Waals surface area contributed by atoms with Gasteiger partial charge >= 0.3 is 0 Å². The third kappa shape index (κ3) is 2.86. The standard InChI is InChI=1S/C12H10N2O4S2/c13-12(16)11-10(5-6-19-11)14-20(17,18)9-3-1-8(7-15)2-4-9/h1-7,14H,(H2,13,16). The first-order chi connectivity index (χ1) is 9.44. The summed E-state index contributed by atoms with van der Waals surface area (Å²) >= 11 is 1.05. The number of nitrogens with one attached hydrogen (secondary N) is 1. The summed E-state index contributed by atoms with van der Waals surface area (Å²) in [5.41, 5.74) is 5.67. The lowest BCUT2D eigenvalue weighted by Gasteiger charge is -2.07. The predicted octanol–water partition coefficient (Wildman–Crippen LogP) is 1.46. The van der Waals surface area contributed by atoms with Gasteiger partial charge in [0.05, 0.1) is 10.6 Å². The summed E-state index contributed by atoms with van der Waals surface area (Å²) in [5, 5.41) is 1.56. The molecule has 0 bridgehead atoms. The maximum atomic E-state index is 12.1. The molecule has 3 N–H and O–H groups in total. The highest BCUT2D eigenvalue weighted by Crippen LogP contribution is 2.24. The number of thiophene rings is 1. The number of rotatable bonds is 5. The number of hydrogen-bond acceptors (Lipinski definition) is 5. The molecule has 0 spiro atoms. The van der Waals surface area contributed by atoms with Crippen LogP contribution in [0.2, 0.25) is 0 Å². The second kappa shape index (κ2) is 5.43. The minimum absolute atomic E-state index is 0.00952. The van der Waals surface area contributed by atoms with Gasteiger partial charge < -0.3 is 5.73 Å². The smallest absolute Gasteiger partial charge is 0.261 e. The SMILES string of the molecule is NC(=O)c1sccc1NS(=O)(=O)c1ccc(C=O)cc1. The van der Waals surface area contributed by atoms with Gasteiger partial charge in [-0.05, 0) is 23.6 Å². The molecule has 0 radical (unpaired) electrons. The lowest BCUT2D eigenvalue weighted by atomic mass is 10.2. The molecule has 1 amide bonds. The number of anilines is 1. The quantitative estimate of drug-likeness (QED) is 0.815. The fraction of sp³-hybridized carbons (Fsp3) is 0. The van der Waals surface area contributed by atoms with Crippen LogP contribution in [0.25, 0.3) is 0 Å². The molecule has 1 heterocycles. The number of sulfonamides is 1. The van der Waals surface area contributed by atoms with Crippen LogP contribution in [-0.2, 0) is 10.0 Å². The molecule has 0 aliphatic heterocycles. The van der Waals surface area contributed by atoms with Gasteiger partial charge in [0.1, 0.15) is 11.2 Å². The van der Waals surface area contributed by atoms with Crippen LogP contribution in [0.1, 0.15) is 20.0 Å². The van der Waals surface area contributed by atoms with E-state index in [9.17, 15) is 18.0 Å². The van der Waals surface area contributed by atoms with Gasteiger partial charge in [0, 0.05) is 5.56 Å². The second-order valence-corrected chi connectivity index (χ2v) is 6.42. The number of amides is 1. The zero-order valence-corrected chi connectivity index (χ0v) is 11.7. The van der Waals surface area contributed by atoms with Crippen molar-refractivity contribution in [3.63, 3.8) is 0 Å². The molecule has 0 atom stereocenters. The number of primary amides is 1. The van der Waals surface area contributed by atoms with E-state index < -0.39 is 15.9 Å². The topological polar surface area (TPSA) is 106 Å². The molecule has 1 aromatic heterocycles. The van der Waals surface area contributed by atoms with E-state index in [0.717, 1.165) is 11.3 Å². The molecule has 0 unspecified atom stereocenters. The van der Waals surface area contributed by atoms with Crippen LogP contribution in [-0.4, -0.2) is 20.6 Å². The zero-order valence-electron chi connectivity index (χ0n) is 10.1. The van der Waals surface area contributed by atoms with E-state index >= 15 is 0 Å². The van der Waals surface area contributed by atoms with E-state index in [2.05, 4.69) is 4.72 Å². The third-order valence-corrected chi connectivity index (χ3v) is 4.77. The molecule has 2 rings (SSSR count). The Bertz CT molecular complexity index is 748. The summed E-state index contributed by atoms with van der Waals surface area (Å²) < 4.78 is 26.5. The highest BCUT2D eigenvalue weighted by Gasteiger charge is 2.18. The molecule has 0 aliphatic rings. The molecule has 6 nitrogen and oxygen atoms in total. The van der Waals surface area contributed by atoms with Crippen molar-refractivity contribution in [3.05, 3.63) is 46.2 Å². The van der Waals surface area contributed by atoms with Crippen LogP contribution in [0.5, 0.6) is 0 Å². The van der Waals surface area contributed by atoms with Crippen LogP contribution in [0, 0.1) is 0 Å². The average Bonchev–Trinajstić information content (AvgIpc) is 2.86. The number of hydrogen-bond donors (Lipinski definition) is 2. The number of nitrogens with two attached hydrogens (primary N) is 1. The third-order valence-electron chi connectivity index (χ3n) is 2.46. The van der Waals surface area contributed by atoms with Gasteiger partial charge in [-0.15, -0.1) is 11.3 Å². The van der Waals surface area contributed by atoms with Gasteiger partial charge in [-0.3, -0.25) is 14.3 Å². The van der Waals surface area contributed by atoms with Gasteiger partial charge in [0.25, 0.3) is 15.9 Å². The predicted molar refractivity (Wildman–Crippen MR) is 75.5 cm³/mol. The monoisotopic (exact) mass is 310 g/mol. The van der Waals surface area contributed by atoms with E-state index in [4.69, 9.17) is 5.73 Å². The molecule has 20 heavy (non-hydrogen) atoms. The Hall–Kier alpha value is -2.19. The minimum atomic E-state index is -3.83. The fourth-order valence-corrected chi connectivity index (χ4v) is 3.35.